The summed E-state index contributed by atoms with van der Waals surface area (Å²) in [6.07, 6.45) is 2.33. The van der Waals surface area contributed by atoms with Gasteiger partial charge in [0.05, 0.1) is 23.4 Å². The summed E-state index contributed by atoms with van der Waals surface area (Å²) in [4.78, 5) is 20.4. The standard InChI is InChI=1S/C21H20FN5O3S/c1-2-29-14-9-15-18-17(16(14)24-10-28)26-20(27(18)5-3-4-6-30-15)11-7-12(22)19-13(8-11)25-21(23)31-19/h7-10H,2-6H2,1H3,(H2,23,25)(H,24,28). The van der Waals surface area contributed by atoms with Crippen LogP contribution in [0.25, 0.3) is 32.6 Å². The summed E-state index contributed by atoms with van der Waals surface area (Å²) >= 11 is 1.11. The number of hydrogen-bond donors (Lipinski definition) is 2. The lowest BCUT2D eigenvalue weighted by Gasteiger charge is -2.18. The van der Waals surface area contributed by atoms with Crippen LogP contribution in [0.3, 0.4) is 0 Å². The molecule has 0 unspecified atom stereocenters. The number of rotatable bonds is 5. The van der Waals surface area contributed by atoms with Gasteiger partial charge in [0.1, 0.15) is 39.9 Å². The summed E-state index contributed by atoms with van der Waals surface area (Å²) in [6, 6.07) is 5.00. The fraction of sp³-hybridized carbons (Fsp3) is 0.286. The van der Waals surface area contributed by atoms with Gasteiger partial charge in [0.15, 0.2) is 5.13 Å². The Morgan fingerprint density at radius 1 is 1.35 bits per heavy atom. The second kappa shape index (κ2) is 7.69. The predicted octanol–water partition coefficient (Wildman–Crippen LogP) is 4.17. The molecule has 1 aliphatic rings. The third-order valence-corrected chi connectivity index (χ3v) is 6.11. The smallest absolute Gasteiger partial charge is 0.211 e. The Labute approximate surface area is 180 Å². The van der Waals surface area contributed by atoms with Gasteiger partial charge in [0, 0.05) is 18.2 Å². The van der Waals surface area contributed by atoms with E-state index >= 15 is 0 Å². The molecule has 1 amide bonds. The molecular weight excluding hydrogens is 421 g/mol. The fourth-order valence-electron chi connectivity index (χ4n) is 3.96. The van der Waals surface area contributed by atoms with Crippen LogP contribution >= 0.6 is 11.3 Å². The number of aromatic nitrogens is 3. The Hall–Kier alpha value is -3.40. The van der Waals surface area contributed by atoms with Gasteiger partial charge in [0.2, 0.25) is 6.41 Å². The minimum atomic E-state index is -0.398. The first-order valence-electron chi connectivity index (χ1n) is 9.99. The van der Waals surface area contributed by atoms with E-state index in [-0.39, 0.29) is 0 Å². The number of benzene rings is 2. The third kappa shape index (κ3) is 3.23. The minimum Gasteiger partial charge on any atom is -0.491 e. The van der Waals surface area contributed by atoms with Gasteiger partial charge in [-0.25, -0.2) is 14.4 Å². The number of halogens is 1. The van der Waals surface area contributed by atoms with E-state index in [1.807, 2.05) is 11.5 Å². The van der Waals surface area contributed by atoms with Gasteiger partial charge >= 0.3 is 0 Å². The van der Waals surface area contributed by atoms with Crippen molar-refractivity contribution < 1.29 is 18.7 Å². The number of nitrogens with two attached hydrogens (primary N) is 1. The molecule has 2 aromatic carbocycles. The van der Waals surface area contributed by atoms with Crippen molar-refractivity contribution in [3.63, 3.8) is 0 Å². The van der Waals surface area contributed by atoms with Gasteiger partial charge in [-0.1, -0.05) is 11.3 Å². The molecule has 0 saturated heterocycles. The van der Waals surface area contributed by atoms with Crippen molar-refractivity contribution in [2.45, 2.75) is 26.3 Å². The van der Waals surface area contributed by atoms with E-state index < -0.39 is 5.82 Å². The van der Waals surface area contributed by atoms with Crippen molar-refractivity contribution in [1.82, 2.24) is 14.5 Å². The van der Waals surface area contributed by atoms with E-state index in [0.29, 0.717) is 75.6 Å². The monoisotopic (exact) mass is 441 g/mol. The Kier molecular flexibility index (Phi) is 4.85. The Morgan fingerprint density at radius 3 is 3.03 bits per heavy atom. The fourth-order valence-corrected chi connectivity index (χ4v) is 4.68. The number of nitrogens with one attached hydrogen (secondary N) is 1. The summed E-state index contributed by atoms with van der Waals surface area (Å²) in [5.74, 6) is 1.26. The van der Waals surface area contributed by atoms with Crippen LogP contribution in [0.4, 0.5) is 15.2 Å². The largest absolute Gasteiger partial charge is 0.491 e. The van der Waals surface area contributed by atoms with Crippen LogP contribution in [-0.2, 0) is 11.3 Å². The van der Waals surface area contributed by atoms with Crippen LogP contribution in [0.5, 0.6) is 11.5 Å². The number of aryl methyl sites for hydroxylation is 1. The Morgan fingerprint density at radius 2 is 2.23 bits per heavy atom. The van der Waals surface area contributed by atoms with Crippen LogP contribution < -0.4 is 20.5 Å². The van der Waals surface area contributed by atoms with Crippen molar-refractivity contribution in [3.05, 3.63) is 24.0 Å². The SMILES string of the molecule is CCOc1cc2c3c(nc(-c4cc(F)c5sc(N)nc5c4)n3CCCCO2)c1NC=O. The maximum absolute atomic E-state index is 14.8. The summed E-state index contributed by atoms with van der Waals surface area (Å²) in [5, 5.41) is 3.02. The number of carbonyl (C=O) groups is 1. The molecule has 160 valence electrons. The van der Waals surface area contributed by atoms with Crippen molar-refractivity contribution in [2.75, 3.05) is 24.3 Å². The van der Waals surface area contributed by atoms with Crippen molar-refractivity contribution in [1.29, 1.82) is 0 Å². The summed E-state index contributed by atoms with van der Waals surface area (Å²) in [6.45, 7) is 3.52. The van der Waals surface area contributed by atoms with Crippen LogP contribution in [0, 0.1) is 5.82 Å². The average molecular weight is 441 g/mol. The topological polar surface area (TPSA) is 104 Å². The number of nitrogen functional groups attached to an aromatic ring is 1. The molecule has 4 aromatic rings. The van der Waals surface area contributed by atoms with Crippen LogP contribution in [0.15, 0.2) is 18.2 Å². The number of thiazole rings is 1. The Balaban J connectivity index is 1.82. The van der Waals surface area contributed by atoms with Crippen LogP contribution in [0.1, 0.15) is 19.8 Å². The summed E-state index contributed by atoms with van der Waals surface area (Å²) in [7, 11) is 0. The number of amides is 1. The molecule has 0 aliphatic carbocycles. The maximum atomic E-state index is 14.8. The zero-order chi connectivity index (χ0) is 21.5. The molecule has 2 aromatic heterocycles. The molecule has 0 fully saturated rings. The molecule has 0 atom stereocenters. The number of carbonyl (C=O) groups excluding carboxylic acids is 1. The predicted molar refractivity (Wildman–Crippen MR) is 118 cm³/mol. The average Bonchev–Trinajstić information content (AvgIpc) is 3.29. The number of nitrogens with zero attached hydrogens (tertiary/aromatic N) is 3. The van der Waals surface area contributed by atoms with E-state index in [1.54, 1.807) is 12.1 Å². The molecule has 31 heavy (non-hydrogen) atoms. The molecular formula is C21H20FN5O3S. The highest BCUT2D eigenvalue weighted by Crippen LogP contribution is 2.43. The zero-order valence-corrected chi connectivity index (χ0v) is 17.6. The quantitative estimate of drug-likeness (QED) is 0.451. The molecule has 3 heterocycles. The lowest BCUT2D eigenvalue weighted by molar-refractivity contribution is -0.105. The number of fused-ring (bicyclic) bond motifs is 1. The molecule has 0 spiro atoms. The molecule has 8 nitrogen and oxygen atoms in total. The first-order valence-corrected chi connectivity index (χ1v) is 10.8. The normalized spacial score (nSPS) is 13.6. The van der Waals surface area contributed by atoms with Crippen LogP contribution in [0.2, 0.25) is 0 Å². The highest BCUT2D eigenvalue weighted by atomic mass is 32.1. The number of imidazole rings is 1. The molecule has 0 saturated carbocycles. The first-order chi connectivity index (χ1) is 15.1. The van der Waals surface area contributed by atoms with Gasteiger partial charge < -0.3 is 25.1 Å². The highest BCUT2D eigenvalue weighted by Gasteiger charge is 2.25. The highest BCUT2D eigenvalue weighted by molar-refractivity contribution is 7.22. The molecule has 0 bridgehead atoms. The van der Waals surface area contributed by atoms with E-state index in [9.17, 15) is 9.18 Å². The summed E-state index contributed by atoms with van der Waals surface area (Å²) in [5.41, 5.74) is 8.57. The number of hydrogen-bond acceptors (Lipinski definition) is 7. The first kappa shape index (κ1) is 19.6. The van der Waals surface area contributed by atoms with Crippen LogP contribution in [-0.4, -0.2) is 34.2 Å². The van der Waals surface area contributed by atoms with E-state index in [0.717, 1.165) is 29.7 Å². The summed E-state index contributed by atoms with van der Waals surface area (Å²) < 4.78 is 29.0. The van der Waals surface area contributed by atoms with Crippen molar-refractivity contribution in [2.24, 2.45) is 0 Å². The number of ether oxygens (including phenoxy) is 2. The molecule has 1 aliphatic heterocycles. The van der Waals surface area contributed by atoms with Gasteiger partial charge in [-0.2, -0.15) is 0 Å². The molecule has 3 N–H and O–H groups in total. The van der Waals surface area contributed by atoms with Gasteiger partial charge in [-0.05, 0) is 31.9 Å². The lowest BCUT2D eigenvalue weighted by Crippen LogP contribution is -2.10. The third-order valence-electron chi connectivity index (χ3n) is 5.20. The van der Waals surface area contributed by atoms with Gasteiger partial charge in [-0.15, -0.1) is 0 Å². The maximum Gasteiger partial charge on any atom is 0.211 e. The van der Waals surface area contributed by atoms with Crippen molar-refractivity contribution >= 4 is 49.8 Å². The second-order valence-corrected chi connectivity index (χ2v) is 8.17. The van der Waals surface area contributed by atoms with E-state index in [2.05, 4.69) is 10.3 Å². The van der Waals surface area contributed by atoms with Gasteiger partial charge in [-0.3, -0.25) is 4.79 Å². The van der Waals surface area contributed by atoms with E-state index in [4.69, 9.17) is 20.2 Å². The molecule has 5 rings (SSSR count). The molecule has 10 heteroatoms. The number of anilines is 2. The zero-order valence-electron chi connectivity index (χ0n) is 16.8. The van der Waals surface area contributed by atoms with Crippen molar-refractivity contribution in [3.8, 4) is 22.9 Å². The van der Waals surface area contributed by atoms with E-state index in [1.165, 1.54) is 6.07 Å². The Bertz CT molecular complexity index is 1320. The molecule has 0 radical (unpaired) electrons. The minimum absolute atomic E-state index is 0.309. The van der Waals surface area contributed by atoms with Gasteiger partial charge in [0.25, 0.3) is 0 Å². The lowest BCUT2D eigenvalue weighted by atomic mass is 10.1. The second-order valence-electron chi connectivity index (χ2n) is 7.14.